The van der Waals surface area contributed by atoms with E-state index >= 15 is 0 Å². The molecule has 1 aromatic heterocycles. The van der Waals surface area contributed by atoms with E-state index in [1.54, 1.807) is 6.07 Å². The van der Waals surface area contributed by atoms with Gasteiger partial charge in [-0.05, 0) is 48.4 Å². The molecule has 0 aliphatic rings. The number of aliphatic hydroxyl groups excluding tert-OH is 1. The van der Waals surface area contributed by atoms with E-state index in [9.17, 15) is 22.3 Å². The summed E-state index contributed by atoms with van der Waals surface area (Å²) in [5, 5.41) is 21.9. The number of aliphatic hydroxyl groups is 1. The zero-order chi connectivity index (χ0) is 25.7. The fourth-order valence-corrected chi connectivity index (χ4v) is 4.95. The second-order valence-electron chi connectivity index (χ2n) is 8.08. The lowest BCUT2D eigenvalue weighted by Crippen LogP contribution is -2.26. The number of nitrogens with zero attached hydrogens (tertiary/aromatic N) is 1. The van der Waals surface area contributed by atoms with Crippen molar-refractivity contribution in [2.45, 2.75) is 24.3 Å². The van der Waals surface area contributed by atoms with E-state index in [1.807, 2.05) is 18.2 Å². The molecule has 4 rings (SSSR count). The molecule has 0 aliphatic carbocycles. The van der Waals surface area contributed by atoms with Crippen molar-refractivity contribution < 1.29 is 27.0 Å². The molecule has 0 radical (unpaired) electrons. The predicted molar refractivity (Wildman–Crippen MR) is 132 cm³/mol. The number of sulfonamides is 1. The van der Waals surface area contributed by atoms with Gasteiger partial charge >= 0.3 is 0 Å². The first-order valence-corrected chi connectivity index (χ1v) is 12.8. The average molecular weight is 517 g/mol. The molecule has 0 saturated heterocycles. The second kappa shape index (κ2) is 11.0. The molecule has 0 amide bonds. The van der Waals surface area contributed by atoms with Gasteiger partial charge in [0, 0.05) is 35.9 Å². The Morgan fingerprint density at radius 1 is 1.08 bits per heavy atom. The summed E-state index contributed by atoms with van der Waals surface area (Å²) in [4.78, 5) is -1.06. The van der Waals surface area contributed by atoms with Crippen LogP contribution in [0.15, 0.2) is 65.6 Å². The van der Waals surface area contributed by atoms with E-state index < -0.39 is 32.7 Å². The van der Waals surface area contributed by atoms with Crippen LogP contribution >= 0.6 is 0 Å². The minimum absolute atomic E-state index is 0.0672. The lowest BCUT2D eigenvalue weighted by molar-refractivity contribution is 0.172. The standard InChI is InChI=1S/C25H26F2N4O4S/c1-2-22-19-10-9-18(14-23(19)30-29-22)35-12-11-28-15-24(32)16-5-3-6-17(13-16)31-36(33,34)25-20(26)7-4-8-21(25)27/h3-10,13-14,24,28,31-32H,2,11-12,15H2,1H3,(H,29,30)/t24-/m0/s1. The summed E-state index contributed by atoms with van der Waals surface area (Å²) < 4.78 is 60.7. The molecule has 4 aromatic rings. The summed E-state index contributed by atoms with van der Waals surface area (Å²) in [5.74, 6) is -1.70. The van der Waals surface area contributed by atoms with Crippen LogP contribution in [0, 0.1) is 11.6 Å². The highest BCUT2D eigenvalue weighted by molar-refractivity contribution is 7.92. The highest BCUT2D eigenvalue weighted by atomic mass is 32.2. The first-order valence-electron chi connectivity index (χ1n) is 11.3. The molecule has 0 unspecified atom stereocenters. The third kappa shape index (κ3) is 5.81. The number of fused-ring (bicyclic) bond motifs is 1. The van der Waals surface area contributed by atoms with Crippen LogP contribution in [0.4, 0.5) is 14.5 Å². The second-order valence-corrected chi connectivity index (χ2v) is 9.70. The van der Waals surface area contributed by atoms with E-state index in [0.29, 0.717) is 24.5 Å². The summed E-state index contributed by atoms with van der Waals surface area (Å²) in [6.45, 7) is 3.05. The number of nitrogens with one attached hydrogen (secondary N) is 3. The maximum atomic E-state index is 13.9. The SMILES string of the molecule is CCc1[nH]nc2cc(OCCNC[C@H](O)c3cccc(NS(=O)(=O)c4c(F)cccc4F)c3)ccc12. The van der Waals surface area contributed by atoms with Gasteiger partial charge in [0.25, 0.3) is 10.0 Å². The molecule has 1 atom stereocenters. The molecular weight excluding hydrogens is 490 g/mol. The normalized spacial score (nSPS) is 12.6. The molecule has 36 heavy (non-hydrogen) atoms. The maximum Gasteiger partial charge on any atom is 0.267 e. The average Bonchev–Trinajstić information content (AvgIpc) is 3.25. The Hall–Kier alpha value is -3.54. The number of H-pyrrole nitrogens is 1. The quantitative estimate of drug-likeness (QED) is 0.225. The van der Waals surface area contributed by atoms with Crippen molar-refractivity contribution in [3.05, 3.63) is 83.6 Å². The van der Waals surface area contributed by atoms with Gasteiger partial charge < -0.3 is 15.2 Å². The minimum Gasteiger partial charge on any atom is -0.492 e. The van der Waals surface area contributed by atoms with Crippen LogP contribution in [0.3, 0.4) is 0 Å². The molecule has 0 bridgehead atoms. The van der Waals surface area contributed by atoms with Crippen molar-refractivity contribution in [2.24, 2.45) is 0 Å². The Kier molecular flexibility index (Phi) is 7.82. The number of halogens is 2. The molecule has 3 aromatic carbocycles. The molecule has 0 fully saturated rings. The smallest absolute Gasteiger partial charge is 0.267 e. The largest absolute Gasteiger partial charge is 0.492 e. The van der Waals surface area contributed by atoms with Gasteiger partial charge in [-0.25, -0.2) is 17.2 Å². The third-order valence-electron chi connectivity index (χ3n) is 5.56. The van der Waals surface area contributed by atoms with Crippen LogP contribution in [0.5, 0.6) is 5.75 Å². The number of benzene rings is 3. The van der Waals surface area contributed by atoms with Crippen molar-refractivity contribution in [1.29, 1.82) is 0 Å². The number of aromatic nitrogens is 2. The van der Waals surface area contributed by atoms with Crippen molar-refractivity contribution >= 4 is 26.6 Å². The molecule has 0 spiro atoms. The molecule has 1 heterocycles. The molecule has 190 valence electrons. The summed E-state index contributed by atoms with van der Waals surface area (Å²) in [6, 6.07) is 14.5. The van der Waals surface area contributed by atoms with E-state index in [2.05, 4.69) is 27.2 Å². The lowest BCUT2D eigenvalue weighted by Gasteiger charge is -2.15. The number of aryl methyl sites for hydroxylation is 1. The summed E-state index contributed by atoms with van der Waals surface area (Å²) in [6.07, 6.45) is -0.0884. The van der Waals surface area contributed by atoms with Gasteiger partial charge in [-0.2, -0.15) is 5.10 Å². The van der Waals surface area contributed by atoms with Crippen molar-refractivity contribution in [2.75, 3.05) is 24.4 Å². The highest BCUT2D eigenvalue weighted by Crippen LogP contribution is 2.24. The maximum absolute atomic E-state index is 13.9. The Labute approximate surface area is 207 Å². The topological polar surface area (TPSA) is 116 Å². The summed E-state index contributed by atoms with van der Waals surface area (Å²) in [7, 11) is -4.50. The van der Waals surface area contributed by atoms with Crippen molar-refractivity contribution in [3.8, 4) is 5.75 Å². The minimum atomic E-state index is -4.50. The Morgan fingerprint density at radius 2 is 1.83 bits per heavy atom. The van der Waals surface area contributed by atoms with Gasteiger partial charge in [-0.1, -0.05) is 25.1 Å². The molecule has 0 saturated carbocycles. The van der Waals surface area contributed by atoms with Gasteiger partial charge in [0.2, 0.25) is 0 Å². The van der Waals surface area contributed by atoms with Crippen LogP contribution in [0.1, 0.15) is 24.3 Å². The Morgan fingerprint density at radius 3 is 2.58 bits per heavy atom. The van der Waals surface area contributed by atoms with Crippen LogP contribution in [-0.2, 0) is 16.4 Å². The summed E-state index contributed by atoms with van der Waals surface area (Å²) in [5.41, 5.74) is 2.40. The van der Waals surface area contributed by atoms with Crippen LogP contribution in [0.2, 0.25) is 0 Å². The van der Waals surface area contributed by atoms with Crippen LogP contribution < -0.4 is 14.8 Å². The van der Waals surface area contributed by atoms with Gasteiger partial charge in [0.15, 0.2) is 4.90 Å². The molecule has 11 heteroatoms. The fourth-order valence-electron chi connectivity index (χ4n) is 3.76. The number of aromatic amines is 1. The fraction of sp³-hybridized carbons (Fsp3) is 0.240. The van der Waals surface area contributed by atoms with Crippen LogP contribution in [0.25, 0.3) is 10.9 Å². The van der Waals surface area contributed by atoms with Gasteiger partial charge in [0.05, 0.1) is 11.6 Å². The number of anilines is 1. The number of ether oxygens (including phenoxy) is 1. The predicted octanol–water partition coefficient (Wildman–Crippen LogP) is 3.91. The zero-order valence-corrected chi connectivity index (χ0v) is 20.3. The van der Waals surface area contributed by atoms with Crippen molar-refractivity contribution in [3.63, 3.8) is 0 Å². The Balaban J connectivity index is 1.29. The van der Waals surface area contributed by atoms with Gasteiger partial charge in [0.1, 0.15) is 24.0 Å². The van der Waals surface area contributed by atoms with E-state index in [1.165, 1.54) is 18.2 Å². The first-order chi connectivity index (χ1) is 17.3. The highest BCUT2D eigenvalue weighted by Gasteiger charge is 2.24. The van der Waals surface area contributed by atoms with Crippen molar-refractivity contribution in [1.82, 2.24) is 15.5 Å². The molecule has 8 nitrogen and oxygen atoms in total. The van der Waals surface area contributed by atoms with Gasteiger partial charge in [-0.3, -0.25) is 9.82 Å². The molecular formula is C25H26F2N4O4S. The monoisotopic (exact) mass is 516 g/mol. The van der Waals surface area contributed by atoms with E-state index in [-0.39, 0.29) is 12.2 Å². The first kappa shape index (κ1) is 25.5. The van der Waals surface area contributed by atoms with Crippen LogP contribution in [-0.4, -0.2) is 43.4 Å². The third-order valence-corrected chi connectivity index (χ3v) is 6.99. The van der Waals surface area contributed by atoms with E-state index in [0.717, 1.165) is 41.2 Å². The number of rotatable bonds is 11. The Bertz CT molecular complexity index is 1440. The lowest BCUT2D eigenvalue weighted by atomic mass is 10.1. The number of hydrogen-bond donors (Lipinski definition) is 4. The van der Waals surface area contributed by atoms with Gasteiger partial charge in [-0.15, -0.1) is 0 Å². The number of hydrogen-bond acceptors (Lipinski definition) is 6. The molecule has 4 N–H and O–H groups in total. The summed E-state index contributed by atoms with van der Waals surface area (Å²) >= 11 is 0. The zero-order valence-electron chi connectivity index (χ0n) is 19.5. The van der Waals surface area contributed by atoms with E-state index in [4.69, 9.17) is 4.74 Å². The molecule has 0 aliphatic heterocycles.